The van der Waals surface area contributed by atoms with Gasteiger partial charge in [-0.3, -0.25) is 14.9 Å². The lowest BCUT2D eigenvalue weighted by atomic mass is 10.1. The zero-order chi connectivity index (χ0) is 22.3. The van der Waals surface area contributed by atoms with Gasteiger partial charge in [0.05, 0.1) is 17.1 Å². The van der Waals surface area contributed by atoms with Crippen molar-refractivity contribution in [1.82, 2.24) is 0 Å². The van der Waals surface area contributed by atoms with Crippen LogP contribution in [-0.4, -0.2) is 43.2 Å². The van der Waals surface area contributed by atoms with Crippen molar-refractivity contribution in [3.8, 4) is 0 Å². The van der Waals surface area contributed by atoms with E-state index in [4.69, 9.17) is 9.47 Å². The van der Waals surface area contributed by atoms with Crippen molar-refractivity contribution in [3.63, 3.8) is 0 Å². The van der Waals surface area contributed by atoms with E-state index in [2.05, 4.69) is 10.6 Å². The number of benzene rings is 2. The van der Waals surface area contributed by atoms with Gasteiger partial charge in [-0.25, -0.2) is 4.79 Å². The van der Waals surface area contributed by atoms with Crippen LogP contribution < -0.4 is 10.6 Å². The Kier molecular flexibility index (Phi) is 7.88. The molecule has 0 radical (unpaired) electrons. The predicted molar refractivity (Wildman–Crippen MR) is 113 cm³/mol. The van der Waals surface area contributed by atoms with Crippen LogP contribution in [0.25, 0.3) is 0 Å². The summed E-state index contributed by atoms with van der Waals surface area (Å²) in [7, 11) is 1.52. The molecule has 160 valence electrons. The lowest BCUT2D eigenvalue weighted by Gasteiger charge is -2.15. The first-order valence-electron chi connectivity index (χ1n) is 9.33. The number of hydrogen-bond acceptors (Lipinski definition) is 7. The van der Waals surface area contributed by atoms with E-state index in [0.717, 1.165) is 17.2 Å². The molecule has 0 aliphatic heterocycles. The van der Waals surface area contributed by atoms with Gasteiger partial charge in [0.25, 0.3) is 11.6 Å². The van der Waals surface area contributed by atoms with Gasteiger partial charge in [-0.2, -0.15) is 0 Å². The molecule has 0 saturated heterocycles. The summed E-state index contributed by atoms with van der Waals surface area (Å²) in [5.74, 6) is -1.32. The van der Waals surface area contributed by atoms with Gasteiger partial charge in [0.2, 0.25) is 0 Å². The first kappa shape index (κ1) is 22.8. The molecule has 0 heterocycles. The van der Waals surface area contributed by atoms with Crippen LogP contribution in [0.2, 0.25) is 0 Å². The molecule has 9 heteroatoms. The van der Waals surface area contributed by atoms with E-state index < -0.39 is 22.9 Å². The molecule has 0 aliphatic carbocycles. The molecule has 0 aromatic heterocycles. The Bertz CT molecular complexity index is 944. The number of nitrogens with one attached hydrogen (secondary N) is 2. The number of carbonyl (C=O) groups excluding carboxylic acids is 2. The van der Waals surface area contributed by atoms with Crippen molar-refractivity contribution in [1.29, 1.82) is 0 Å². The SMILES string of the molecule is COCCNc1ccc(C(=O)OC(C)C(=O)Nc2cc(C)ccc2C)cc1[N+](=O)[O-]. The smallest absolute Gasteiger partial charge is 0.339 e. The van der Waals surface area contributed by atoms with E-state index >= 15 is 0 Å². The number of methoxy groups -OCH3 is 1. The Morgan fingerprint density at radius 2 is 1.87 bits per heavy atom. The Morgan fingerprint density at radius 1 is 1.13 bits per heavy atom. The number of nitro benzene ring substituents is 1. The van der Waals surface area contributed by atoms with Gasteiger partial charge < -0.3 is 20.1 Å². The standard InChI is InChI=1S/C21H25N3O6/c1-13-5-6-14(2)18(11-13)23-20(25)15(3)30-21(26)16-7-8-17(22-9-10-29-4)19(12-16)24(27)28/h5-8,11-12,15,22H,9-10H2,1-4H3,(H,23,25). The van der Waals surface area contributed by atoms with Gasteiger partial charge in [-0.1, -0.05) is 12.1 Å². The van der Waals surface area contributed by atoms with Gasteiger partial charge in [0, 0.05) is 25.4 Å². The van der Waals surface area contributed by atoms with Gasteiger partial charge in [-0.05, 0) is 50.1 Å². The molecular formula is C21H25N3O6. The highest BCUT2D eigenvalue weighted by Crippen LogP contribution is 2.26. The molecule has 0 spiro atoms. The van der Waals surface area contributed by atoms with Crippen LogP contribution in [-0.2, 0) is 14.3 Å². The highest BCUT2D eigenvalue weighted by molar-refractivity contribution is 5.98. The number of anilines is 2. The number of esters is 1. The molecule has 0 fully saturated rings. The third-order valence-corrected chi connectivity index (χ3v) is 4.36. The summed E-state index contributed by atoms with van der Waals surface area (Å²) in [5.41, 5.74) is 2.45. The molecule has 0 bridgehead atoms. The zero-order valence-electron chi connectivity index (χ0n) is 17.4. The average molecular weight is 415 g/mol. The highest BCUT2D eigenvalue weighted by atomic mass is 16.6. The third-order valence-electron chi connectivity index (χ3n) is 4.36. The van der Waals surface area contributed by atoms with Crippen molar-refractivity contribution in [2.24, 2.45) is 0 Å². The molecule has 30 heavy (non-hydrogen) atoms. The Hall–Kier alpha value is -3.46. The van der Waals surface area contributed by atoms with Crippen LogP contribution in [0.1, 0.15) is 28.4 Å². The molecule has 9 nitrogen and oxygen atoms in total. The van der Waals surface area contributed by atoms with Gasteiger partial charge in [0.15, 0.2) is 6.10 Å². The van der Waals surface area contributed by atoms with Crippen molar-refractivity contribution in [2.45, 2.75) is 26.9 Å². The first-order valence-corrected chi connectivity index (χ1v) is 9.33. The molecule has 2 N–H and O–H groups in total. The molecule has 0 saturated carbocycles. The van der Waals surface area contributed by atoms with E-state index in [-0.39, 0.29) is 16.9 Å². The number of rotatable bonds is 9. The Balaban J connectivity index is 2.08. The quantitative estimate of drug-likeness (QED) is 0.278. The molecule has 0 aliphatic rings. The maximum atomic E-state index is 12.4. The number of hydrogen-bond donors (Lipinski definition) is 2. The topological polar surface area (TPSA) is 120 Å². The lowest BCUT2D eigenvalue weighted by molar-refractivity contribution is -0.384. The number of nitro groups is 1. The maximum Gasteiger partial charge on any atom is 0.339 e. The van der Waals surface area contributed by atoms with E-state index in [1.54, 1.807) is 0 Å². The minimum atomic E-state index is -1.09. The first-order chi connectivity index (χ1) is 14.2. The van der Waals surface area contributed by atoms with Crippen molar-refractivity contribution in [3.05, 3.63) is 63.2 Å². The number of aryl methyl sites for hydroxylation is 2. The Labute approximate surface area is 174 Å². The van der Waals surface area contributed by atoms with E-state index in [0.29, 0.717) is 18.8 Å². The van der Waals surface area contributed by atoms with E-state index in [1.807, 2.05) is 32.0 Å². The third kappa shape index (κ3) is 6.02. The molecule has 2 aromatic carbocycles. The number of amides is 1. The molecule has 2 aromatic rings. The molecule has 1 atom stereocenters. The largest absolute Gasteiger partial charge is 0.449 e. The van der Waals surface area contributed by atoms with Crippen LogP contribution >= 0.6 is 0 Å². The number of carbonyl (C=O) groups is 2. The fourth-order valence-electron chi connectivity index (χ4n) is 2.63. The molecule has 2 rings (SSSR count). The minimum absolute atomic E-state index is 0.0228. The lowest BCUT2D eigenvalue weighted by Crippen LogP contribution is -2.30. The van der Waals surface area contributed by atoms with Crippen molar-refractivity contribution in [2.75, 3.05) is 30.9 Å². The summed E-state index contributed by atoms with van der Waals surface area (Å²) in [4.78, 5) is 35.6. The summed E-state index contributed by atoms with van der Waals surface area (Å²) >= 11 is 0. The van der Waals surface area contributed by atoms with Gasteiger partial charge in [-0.15, -0.1) is 0 Å². The maximum absolute atomic E-state index is 12.4. The van der Waals surface area contributed by atoms with Crippen LogP contribution in [0.15, 0.2) is 36.4 Å². The highest BCUT2D eigenvalue weighted by Gasteiger charge is 2.22. The Morgan fingerprint density at radius 3 is 2.53 bits per heavy atom. The minimum Gasteiger partial charge on any atom is -0.449 e. The van der Waals surface area contributed by atoms with Crippen LogP contribution in [0.5, 0.6) is 0 Å². The summed E-state index contributed by atoms with van der Waals surface area (Å²) < 4.78 is 10.1. The monoisotopic (exact) mass is 415 g/mol. The second kappa shape index (κ2) is 10.4. The average Bonchev–Trinajstić information content (AvgIpc) is 2.70. The summed E-state index contributed by atoms with van der Waals surface area (Å²) in [5, 5.41) is 16.9. The molecule has 1 amide bonds. The normalized spacial score (nSPS) is 11.5. The second-order valence-corrected chi connectivity index (χ2v) is 6.76. The van der Waals surface area contributed by atoms with Crippen molar-refractivity contribution < 1.29 is 24.0 Å². The van der Waals surface area contributed by atoms with Crippen molar-refractivity contribution >= 4 is 28.9 Å². The van der Waals surface area contributed by atoms with Crippen LogP contribution in [0.3, 0.4) is 0 Å². The van der Waals surface area contributed by atoms with Gasteiger partial charge >= 0.3 is 5.97 Å². The number of nitrogens with zero attached hydrogens (tertiary/aromatic N) is 1. The summed E-state index contributed by atoms with van der Waals surface area (Å²) in [6.07, 6.45) is -1.09. The summed E-state index contributed by atoms with van der Waals surface area (Å²) in [6.45, 7) is 5.94. The molecular weight excluding hydrogens is 390 g/mol. The van der Waals surface area contributed by atoms with Crippen LogP contribution in [0, 0.1) is 24.0 Å². The zero-order valence-corrected chi connectivity index (χ0v) is 17.4. The summed E-state index contributed by atoms with van der Waals surface area (Å²) in [6, 6.07) is 9.57. The van der Waals surface area contributed by atoms with Gasteiger partial charge in [0.1, 0.15) is 5.69 Å². The van der Waals surface area contributed by atoms with Crippen LogP contribution in [0.4, 0.5) is 17.1 Å². The fraction of sp³-hybridized carbons (Fsp3) is 0.333. The predicted octanol–water partition coefficient (Wildman–Crippen LogP) is 3.45. The molecule has 1 unspecified atom stereocenters. The van der Waals surface area contributed by atoms with E-state index in [1.165, 1.54) is 26.2 Å². The number of ether oxygens (including phenoxy) is 2. The second-order valence-electron chi connectivity index (χ2n) is 6.76. The fourth-order valence-corrected chi connectivity index (χ4v) is 2.63. The van der Waals surface area contributed by atoms with E-state index in [9.17, 15) is 19.7 Å².